The molecular weight excluding hydrogens is 284 g/mol. The van der Waals surface area contributed by atoms with Crippen LogP contribution in [0.4, 0.5) is 0 Å². The Hall–Kier alpha value is -1.05. The molecule has 0 fully saturated rings. The number of unbranched alkanes of at least 4 members (excludes halogenated alkanes) is 8. The molecule has 0 aromatic heterocycles. The highest BCUT2D eigenvalue weighted by Gasteiger charge is 2.04. The quantitative estimate of drug-likeness (QED) is 0.189. The second-order valence-electron chi connectivity index (χ2n) is 6.52. The van der Waals surface area contributed by atoms with E-state index in [4.69, 9.17) is 4.74 Å². The molecule has 23 heavy (non-hydrogen) atoms. The third-order valence-corrected chi connectivity index (χ3v) is 3.70. The maximum atomic E-state index is 11.4. The van der Waals surface area contributed by atoms with Crippen molar-refractivity contribution in [3.63, 3.8) is 0 Å². The number of rotatable bonds is 15. The molecule has 0 saturated carbocycles. The van der Waals surface area contributed by atoms with Crippen LogP contribution in [-0.2, 0) is 9.53 Å². The number of esters is 1. The molecule has 134 valence electrons. The van der Waals surface area contributed by atoms with Crippen molar-refractivity contribution in [1.82, 2.24) is 0 Å². The number of allylic oxidation sites excluding steroid dienone is 4. The molecule has 0 bridgehead atoms. The minimum atomic E-state index is -0.0503. The Kier molecular flexibility index (Phi) is 16.5. The zero-order valence-electron chi connectivity index (χ0n) is 15.7. The number of carbonyl (C=O) groups is 1. The SMILES string of the molecule is CCCCC/C=C\C/C=C\CCCCCCCC(=O)OC(C)C. The van der Waals surface area contributed by atoms with E-state index in [0.717, 1.165) is 19.3 Å². The molecule has 0 unspecified atom stereocenters. The van der Waals surface area contributed by atoms with Crippen LogP contribution in [0.1, 0.15) is 97.8 Å². The molecule has 0 N–H and O–H groups in total. The third-order valence-electron chi connectivity index (χ3n) is 3.70. The molecule has 0 aromatic rings. The van der Waals surface area contributed by atoms with Crippen LogP contribution in [-0.4, -0.2) is 12.1 Å². The van der Waals surface area contributed by atoms with Gasteiger partial charge in [0.25, 0.3) is 0 Å². The third kappa shape index (κ3) is 18.9. The first-order chi connectivity index (χ1) is 11.2. The first-order valence-electron chi connectivity index (χ1n) is 9.66. The molecule has 0 heterocycles. The molecule has 0 aliphatic rings. The molecule has 0 aliphatic carbocycles. The fourth-order valence-corrected chi connectivity index (χ4v) is 2.40. The second-order valence-corrected chi connectivity index (χ2v) is 6.52. The van der Waals surface area contributed by atoms with Gasteiger partial charge in [0.05, 0.1) is 6.10 Å². The molecule has 2 nitrogen and oxygen atoms in total. The number of ether oxygens (including phenoxy) is 1. The van der Waals surface area contributed by atoms with Crippen molar-refractivity contribution in [3.8, 4) is 0 Å². The van der Waals surface area contributed by atoms with Crippen LogP contribution in [0, 0.1) is 0 Å². The fraction of sp³-hybridized carbons (Fsp3) is 0.762. The molecule has 0 aliphatic heterocycles. The van der Waals surface area contributed by atoms with Gasteiger partial charge in [0.1, 0.15) is 0 Å². The van der Waals surface area contributed by atoms with Crippen molar-refractivity contribution in [2.24, 2.45) is 0 Å². The van der Waals surface area contributed by atoms with Gasteiger partial charge in [0.2, 0.25) is 0 Å². The number of hydrogen-bond acceptors (Lipinski definition) is 2. The van der Waals surface area contributed by atoms with Crippen LogP contribution in [0.5, 0.6) is 0 Å². The normalized spacial score (nSPS) is 11.8. The van der Waals surface area contributed by atoms with Gasteiger partial charge in [-0.25, -0.2) is 0 Å². The monoisotopic (exact) mass is 322 g/mol. The highest BCUT2D eigenvalue weighted by molar-refractivity contribution is 5.69. The van der Waals surface area contributed by atoms with E-state index < -0.39 is 0 Å². The number of carbonyl (C=O) groups excluding carboxylic acids is 1. The Morgan fingerprint density at radius 2 is 1.39 bits per heavy atom. The molecule has 0 saturated heterocycles. The van der Waals surface area contributed by atoms with Crippen LogP contribution in [0.3, 0.4) is 0 Å². The molecule has 2 heteroatoms. The Labute approximate surface area is 144 Å². The van der Waals surface area contributed by atoms with E-state index in [-0.39, 0.29) is 12.1 Å². The van der Waals surface area contributed by atoms with E-state index in [1.807, 2.05) is 13.8 Å². The van der Waals surface area contributed by atoms with Crippen LogP contribution in [0.2, 0.25) is 0 Å². The molecule has 0 atom stereocenters. The average Bonchev–Trinajstić information content (AvgIpc) is 2.50. The smallest absolute Gasteiger partial charge is 0.306 e. The maximum Gasteiger partial charge on any atom is 0.306 e. The van der Waals surface area contributed by atoms with Gasteiger partial charge in [-0.1, -0.05) is 63.3 Å². The predicted molar refractivity (Wildman–Crippen MR) is 101 cm³/mol. The molecule has 0 rings (SSSR count). The summed E-state index contributed by atoms with van der Waals surface area (Å²) in [6, 6.07) is 0. The van der Waals surface area contributed by atoms with Crippen molar-refractivity contribution < 1.29 is 9.53 Å². The van der Waals surface area contributed by atoms with Crippen LogP contribution in [0.25, 0.3) is 0 Å². The Morgan fingerprint density at radius 1 is 0.826 bits per heavy atom. The van der Waals surface area contributed by atoms with Crippen molar-refractivity contribution in [2.45, 2.75) is 104 Å². The van der Waals surface area contributed by atoms with E-state index in [1.165, 1.54) is 51.4 Å². The van der Waals surface area contributed by atoms with Crippen LogP contribution < -0.4 is 0 Å². The first-order valence-corrected chi connectivity index (χ1v) is 9.66. The summed E-state index contributed by atoms with van der Waals surface area (Å²) in [5.41, 5.74) is 0. The minimum absolute atomic E-state index is 0.0143. The molecule has 0 spiro atoms. The minimum Gasteiger partial charge on any atom is -0.463 e. The summed E-state index contributed by atoms with van der Waals surface area (Å²) < 4.78 is 5.12. The summed E-state index contributed by atoms with van der Waals surface area (Å²) in [6.07, 6.45) is 23.0. The second kappa shape index (κ2) is 17.3. The lowest BCUT2D eigenvalue weighted by atomic mass is 10.1. The Bertz CT molecular complexity index is 316. The number of hydrogen-bond donors (Lipinski definition) is 0. The van der Waals surface area contributed by atoms with Gasteiger partial charge in [-0.05, 0) is 52.4 Å². The maximum absolute atomic E-state index is 11.4. The van der Waals surface area contributed by atoms with Crippen LogP contribution >= 0.6 is 0 Å². The van der Waals surface area contributed by atoms with E-state index in [0.29, 0.717) is 6.42 Å². The summed E-state index contributed by atoms with van der Waals surface area (Å²) in [6.45, 7) is 6.04. The lowest BCUT2D eigenvalue weighted by molar-refractivity contribution is -0.147. The van der Waals surface area contributed by atoms with Crippen molar-refractivity contribution in [1.29, 1.82) is 0 Å². The van der Waals surface area contributed by atoms with E-state index >= 15 is 0 Å². The van der Waals surface area contributed by atoms with Gasteiger partial charge in [0, 0.05) is 6.42 Å². The van der Waals surface area contributed by atoms with Gasteiger partial charge in [-0.2, -0.15) is 0 Å². The molecule has 0 radical (unpaired) electrons. The van der Waals surface area contributed by atoms with E-state index in [1.54, 1.807) is 0 Å². The van der Waals surface area contributed by atoms with Gasteiger partial charge in [-0.15, -0.1) is 0 Å². The largest absolute Gasteiger partial charge is 0.463 e. The van der Waals surface area contributed by atoms with E-state index in [2.05, 4.69) is 31.2 Å². The van der Waals surface area contributed by atoms with Crippen LogP contribution in [0.15, 0.2) is 24.3 Å². The fourth-order valence-electron chi connectivity index (χ4n) is 2.40. The highest BCUT2D eigenvalue weighted by Crippen LogP contribution is 2.09. The van der Waals surface area contributed by atoms with E-state index in [9.17, 15) is 4.79 Å². The summed E-state index contributed by atoms with van der Waals surface area (Å²) in [4.78, 5) is 11.4. The standard InChI is InChI=1S/C21H38O2/c1-4-5-6-7-8-9-10-11-12-13-14-15-16-17-18-19-21(22)23-20(2)3/h8-9,11-12,20H,4-7,10,13-19H2,1-3H3/b9-8-,12-11-. The van der Waals surface area contributed by atoms with Crippen molar-refractivity contribution in [3.05, 3.63) is 24.3 Å². The van der Waals surface area contributed by atoms with Gasteiger partial charge in [-0.3, -0.25) is 4.79 Å². The zero-order valence-corrected chi connectivity index (χ0v) is 15.7. The summed E-state index contributed by atoms with van der Waals surface area (Å²) in [5, 5.41) is 0. The summed E-state index contributed by atoms with van der Waals surface area (Å²) >= 11 is 0. The topological polar surface area (TPSA) is 26.3 Å². The van der Waals surface area contributed by atoms with Crippen molar-refractivity contribution >= 4 is 5.97 Å². The summed E-state index contributed by atoms with van der Waals surface area (Å²) in [5.74, 6) is -0.0503. The van der Waals surface area contributed by atoms with Gasteiger partial charge >= 0.3 is 5.97 Å². The van der Waals surface area contributed by atoms with Gasteiger partial charge in [0.15, 0.2) is 0 Å². The lowest BCUT2D eigenvalue weighted by Crippen LogP contribution is -2.10. The Morgan fingerprint density at radius 3 is 2.00 bits per heavy atom. The Balaban J connectivity index is 3.26. The lowest BCUT2D eigenvalue weighted by Gasteiger charge is -2.07. The first kappa shape index (κ1) is 21.9. The average molecular weight is 323 g/mol. The molecule has 0 aromatic carbocycles. The predicted octanol–water partition coefficient (Wildman–Crippen LogP) is 6.75. The van der Waals surface area contributed by atoms with Crippen molar-refractivity contribution in [2.75, 3.05) is 0 Å². The highest BCUT2D eigenvalue weighted by atomic mass is 16.5. The van der Waals surface area contributed by atoms with Gasteiger partial charge < -0.3 is 4.74 Å². The zero-order chi connectivity index (χ0) is 17.2. The summed E-state index contributed by atoms with van der Waals surface area (Å²) in [7, 11) is 0. The molecular formula is C21H38O2. The molecule has 0 amide bonds.